The molecule has 2 rings (SSSR count). The second kappa shape index (κ2) is 6.34. The maximum Gasteiger partial charge on any atom is 0.112 e. The first-order valence-corrected chi connectivity index (χ1v) is 7.22. The van der Waals surface area contributed by atoms with Gasteiger partial charge in [-0.2, -0.15) is 0 Å². The molecule has 96 valence electrons. The number of halogens is 2. The van der Waals surface area contributed by atoms with Crippen molar-refractivity contribution >= 4 is 44.3 Å². The molecule has 1 N–H and O–H groups in total. The molecule has 1 atom stereocenters. The highest BCUT2D eigenvalue weighted by Gasteiger charge is 2.05. The van der Waals surface area contributed by atoms with E-state index in [1.54, 1.807) is 12.4 Å². The summed E-state index contributed by atoms with van der Waals surface area (Å²) in [5.41, 5.74) is 2.78. The fraction of sp³-hybridized carbons (Fsp3) is 0.385. The van der Waals surface area contributed by atoms with Gasteiger partial charge in [-0.3, -0.25) is 9.97 Å². The summed E-state index contributed by atoms with van der Waals surface area (Å²) in [6, 6.07) is 3.91. The Balaban J connectivity index is 2.13. The quantitative estimate of drug-likeness (QED) is 0.835. The normalized spacial score (nSPS) is 12.6. The van der Waals surface area contributed by atoms with Crippen LogP contribution in [0.4, 0.5) is 5.69 Å². The van der Waals surface area contributed by atoms with E-state index in [0.29, 0.717) is 0 Å². The maximum atomic E-state index is 6.10. The van der Waals surface area contributed by atoms with Crippen molar-refractivity contribution in [3.05, 3.63) is 29.0 Å². The van der Waals surface area contributed by atoms with Crippen LogP contribution in [0.25, 0.3) is 11.0 Å². The van der Waals surface area contributed by atoms with E-state index in [2.05, 4.69) is 38.1 Å². The zero-order valence-corrected chi connectivity index (χ0v) is 12.5. The number of pyridine rings is 2. The molecule has 0 amide bonds. The predicted octanol–water partition coefficient (Wildman–Crippen LogP) is 4.21. The number of hydrogen-bond acceptors (Lipinski definition) is 3. The highest BCUT2D eigenvalue weighted by Crippen LogP contribution is 2.22. The minimum Gasteiger partial charge on any atom is -0.383 e. The van der Waals surface area contributed by atoms with E-state index >= 15 is 0 Å². The molecule has 0 aliphatic carbocycles. The molecule has 0 radical (unpaired) electrons. The minimum absolute atomic E-state index is 0.229. The number of nitrogens with one attached hydrogen (secondary N) is 1. The zero-order valence-electron chi connectivity index (χ0n) is 10.2. The summed E-state index contributed by atoms with van der Waals surface area (Å²) in [6.07, 6.45) is 5.51. The van der Waals surface area contributed by atoms with E-state index in [1.807, 2.05) is 12.1 Å². The fourth-order valence-corrected chi connectivity index (χ4v) is 2.14. The third-order valence-electron chi connectivity index (χ3n) is 2.76. The lowest BCUT2D eigenvalue weighted by molar-refractivity contribution is 0.753. The van der Waals surface area contributed by atoms with Crippen LogP contribution in [-0.2, 0) is 0 Å². The molecular formula is C13H15BrClN3. The van der Waals surface area contributed by atoms with Crippen LogP contribution in [0.15, 0.2) is 29.0 Å². The molecule has 0 aliphatic rings. The molecular weight excluding hydrogens is 314 g/mol. The first-order chi connectivity index (χ1) is 8.70. The summed E-state index contributed by atoms with van der Waals surface area (Å²) in [7, 11) is 0. The number of anilines is 1. The number of fused-ring (bicyclic) bond motifs is 1. The van der Waals surface area contributed by atoms with Crippen LogP contribution in [0.2, 0.25) is 0 Å². The Bertz CT molecular complexity index is 533. The molecule has 1 unspecified atom stereocenters. The number of rotatable bonds is 5. The van der Waals surface area contributed by atoms with Gasteiger partial charge in [-0.1, -0.05) is 6.92 Å². The fourth-order valence-electron chi connectivity index (χ4n) is 1.72. The van der Waals surface area contributed by atoms with Crippen molar-refractivity contribution in [2.24, 2.45) is 0 Å². The average Bonchev–Trinajstić information content (AvgIpc) is 2.38. The molecule has 3 nitrogen and oxygen atoms in total. The van der Waals surface area contributed by atoms with Crippen LogP contribution in [-0.4, -0.2) is 21.9 Å². The Morgan fingerprint density at radius 2 is 2.28 bits per heavy atom. The number of alkyl halides is 1. The van der Waals surface area contributed by atoms with E-state index in [9.17, 15) is 0 Å². The molecule has 0 aliphatic heterocycles. The predicted molar refractivity (Wildman–Crippen MR) is 80.3 cm³/mol. The van der Waals surface area contributed by atoms with E-state index in [4.69, 9.17) is 11.6 Å². The Morgan fingerprint density at radius 1 is 1.44 bits per heavy atom. The molecule has 0 aromatic carbocycles. The van der Waals surface area contributed by atoms with Gasteiger partial charge in [0.15, 0.2) is 0 Å². The van der Waals surface area contributed by atoms with Crippen molar-refractivity contribution in [2.75, 3.05) is 11.9 Å². The number of hydrogen-bond donors (Lipinski definition) is 1. The Kier molecular flexibility index (Phi) is 4.78. The van der Waals surface area contributed by atoms with E-state index in [1.165, 1.54) is 0 Å². The molecule has 0 saturated carbocycles. The Morgan fingerprint density at radius 3 is 3.06 bits per heavy atom. The summed E-state index contributed by atoms with van der Waals surface area (Å²) in [5, 5.41) is 3.60. The molecule has 18 heavy (non-hydrogen) atoms. The standard InChI is InChI=1S/C13H15BrClN3/c1-2-10(15)3-5-16-11-4-6-17-12-7-9(14)8-18-13(11)12/h4,6-8,10H,2-3,5H2,1H3,(H,16,17). The van der Waals surface area contributed by atoms with Gasteiger partial charge < -0.3 is 5.32 Å². The SMILES string of the molecule is CCC(Cl)CCNc1ccnc2cc(Br)cnc12. The topological polar surface area (TPSA) is 37.8 Å². The highest BCUT2D eigenvalue weighted by atomic mass is 79.9. The summed E-state index contributed by atoms with van der Waals surface area (Å²) in [5.74, 6) is 0. The molecule has 2 heterocycles. The maximum absolute atomic E-state index is 6.10. The first-order valence-electron chi connectivity index (χ1n) is 5.99. The van der Waals surface area contributed by atoms with Gasteiger partial charge in [-0.25, -0.2) is 0 Å². The molecule has 0 spiro atoms. The minimum atomic E-state index is 0.229. The third kappa shape index (κ3) is 3.33. The van der Waals surface area contributed by atoms with Crippen LogP contribution in [0, 0.1) is 0 Å². The van der Waals surface area contributed by atoms with Crippen molar-refractivity contribution in [3.63, 3.8) is 0 Å². The lowest BCUT2D eigenvalue weighted by Crippen LogP contribution is -2.08. The smallest absolute Gasteiger partial charge is 0.112 e. The van der Waals surface area contributed by atoms with Gasteiger partial charge in [0.25, 0.3) is 0 Å². The van der Waals surface area contributed by atoms with Gasteiger partial charge in [0.1, 0.15) is 5.52 Å². The first kappa shape index (κ1) is 13.6. The van der Waals surface area contributed by atoms with Crippen LogP contribution in [0.1, 0.15) is 19.8 Å². The monoisotopic (exact) mass is 327 g/mol. The van der Waals surface area contributed by atoms with Crippen molar-refractivity contribution in [1.29, 1.82) is 0 Å². The molecule has 5 heteroatoms. The third-order valence-corrected chi connectivity index (χ3v) is 3.72. The number of nitrogens with zero attached hydrogens (tertiary/aromatic N) is 2. The largest absolute Gasteiger partial charge is 0.383 e. The molecule has 0 bridgehead atoms. The summed E-state index contributed by atoms with van der Waals surface area (Å²) in [4.78, 5) is 8.70. The van der Waals surface area contributed by atoms with Gasteiger partial charge >= 0.3 is 0 Å². The van der Waals surface area contributed by atoms with Crippen LogP contribution in [0.3, 0.4) is 0 Å². The van der Waals surface area contributed by atoms with Crippen LogP contribution < -0.4 is 5.32 Å². The lowest BCUT2D eigenvalue weighted by Gasteiger charge is -2.10. The van der Waals surface area contributed by atoms with Crippen molar-refractivity contribution in [3.8, 4) is 0 Å². The van der Waals surface area contributed by atoms with Gasteiger partial charge in [0.2, 0.25) is 0 Å². The number of aromatic nitrogens is 2. The summed E-state index contributed by atoms with van der Waals surface area (Å²) < 4.78 is 0.937. The van der Waals surface area contributed by atoms with Gasteiger partial charge in [0, 0.05) is 28.8 Å². The molecule has 2 aromatic rings. The van der Waals surface area contributed by atoms with E-state index < -0.39 is 0 Å². The van der Waals surface area contributed by atoms with E-state index in [0.717, 1.165) is 40.6 Å². The molecule has 2 aromatic heterocycles. The second-order valence-corrected chi connectivity index (χ2v) is 5.63. The van der Waals surface area contributed by atoms with Gasteiger partial charge in [0.05, 0.1) is 11.2 Å². The van der Waals surface area contributed by atoms with Gasteiger partial charge in [-0.15, -0.1) is 11.6 Å². The lowest BCUT2D eigenvalue weighted by atomic mass is 10.2. The Hall–Kier alpha value is -0.870. The highest BCUT2D eigenvalue weighted by molar-refractivity contribution is 9.10. The average molecular weight is 329 g/mol. The van der Waals surface area contributed by atoms with Crippen LogP contribution in [0.5, 0.6) is 0 Å². The van der Waals surface area contributed by atoms with Crippen molar-refractivity contribution < 1.29 is 0 Å². The van der Waals surface area contributed by atoms with Crippen molar-refractivity contribution in [1.82, 2.24) is 9.97 Å². The summed E-state index contributed by atoms with van der Waals surface area (Å²) in [6.45, 7) is 2.94. The van der Waals surface area contributed by atoms with Gasteiger partial charge in [-0.05, 0) is 40.9 Å². The van der Waals surface area contributed by atoms with Crippen molar-refractivity contribution in [2.45, 2.75) is 25.1 Å². The van der Waals surface area contributed by atoms with Crippen LogP contribution >= 0.6 is 27.5 Å². The zero-order chi connectivity index (χ0) is 13.0. The molecule has 0 fully saturated rings. The van der Waals surface area contributed by atoms with E-state index in [-0.39, 0.29) is 5.38 Å². The summed E-state index contributed by atoms with van der Waals surface area (Å²) >= 11 is 9.49. The molecule has 0 saturated heterocycles. The Labute approximate surface area is 120 Å². The second-order valence-electron chi connectivity index (χ2n) is 4.10.